The van der Waals surface area contributed by atoms with Crippen molar-refractivity contribution in [3.05, 3.63) is 39.6 Å². The standard InChI is InChI=1S/C14H15F4N2O14P3/c15-6-2-4-1-5(13(23)20-12(4)19-11(6)14(16,17)18)10-9(22)8(21)7(32-10)3-31-36(27,28)34-37(29,30)33-35(24,25)26/h1-2,7-10,21-22H,3H2,(H,27,28)(H,29,30)(H,19,20,23)(H2,24,25,26)/t7-,8+,9?,10+/m1/s1. The monoisotopic (exact) mass is 604 g/mol. The van der Waals surface area contributed by atoms with E-state index in [9.17, 15) is 51.2 Å². The molecule has 0 amide bonds. The second-order valence-electron chi connectivity index (χ2n) is 7.27. The van der Waals surface area contributed by atoms with Crippen LogP contribution in [0.5, 0.6) is 0 Å². The van der Waals surface area contributed by atoms with E-state index in [0.29, 0.717) is 6.07 Å². The van der Waals surface area contributed by atoms with Crippen LogP contribution in [0.25, 0.3) is 11.4 Å². The highest BCUT2D eigenvalue weighted by molar-refractivity contribution is 7.66. The molecule has 6 atom stereocenters. The Bertz CT molecular complexity index is 1350. The number of aliphatic hydroxyl groups is 2. The Balaban J connectivity index is 1.79. The molecule has 3 aliphatic rings. The summed E-state index contributed by atoms with van der Waals surface area (Å²) in [6.07, 6.45) is -12.6. The third kappa shape index (κ3) is 7.27. The van der Waals surface area contributed by atoms with Crippen LogP contribution in [-0.2, 0) is 37.8 Å². The lowest BCUT2D eigenvalue weighted by molar-refractivity contribution is -0.143. The lowest BCUT2D eigenvalue weighted by atomic mass is 10.0. The lowest BCUT2D eigenvalue weighted by Crippen LogP contribution is -2.33. The first-order valence-electron chi connectivity index (χ1n) is 9.30. The Kier molecular flexibility index (Phi) is 8.22. The number of nitrogens with one attached hydrogen (secondary N) is 1. The van der Waals surface area contributed by atoms with Crippen LogP contribution < -0.4 is 5.56 Å². The maximum Gasteiger partial charge on any atom is 0.490 e. The van der Waals surface area contributed by atoms with E-state index in [1.165, 1.54) is 0 Å². The quantitative estimate of drug-likeness (QED) is 0.160. The number of fused-ring (bicyclic) bond motifs is 1. The molecule has 3 unspecified atom stereocenters. The van der Waals surface area contributed by atoms with Gasteiger partial charge in [-0.25, -0.2) is 18.1 Å². The number of alkyl halides is 3. The minimum absolute atomic E-state index is 0.359. The van der Waals surface area contributed by atoms with Crippen LogP contribution in [-0.4, -0.2) is 64.7 Å². The van der Waals surface area contributed by atoms with Gasteiger partial charge in [-0.3, -0.25) is 9.32 Å². The molecule has 0 radical (unpaired) electrons. The number of hydrogen-bond acceptors (Lipinski definition) is 11. The van der Waals surface area contributed by atoms with E-state index in [-0.39, 0.29) is 5.56 Å². The summed E-state index contributed by atoms with van der Waals surface area (Å²) in [5, 5.41) is 20.4. The summed E-state index contributed by atoms with van der Waals surface area (Å²) in [5.74, 6) is -2.41. The third-order valence-electron chi connectivity index (χ3n) is 4.58. The van der Waals surface area contributed by atoms with Gasteiger partial charge in [0.2, 0.25) is 0 Å². The van der Waals surface area contributed by atoms with E-state index in [1.807, 2.05) is 0 Å². The second-order valence-corrected chi connectivity index (χ2v) is 11.7. The minimum Gasteiger partial charge on any atom is -0.387 e. The number of pyridine rings is 2. The summed E-state index contributed by atoms with van der Waals surface area (Å²) in [4.78, 5) is 52.9. The summed E-state index contributed by atoms with van der Waals surface area (Å²) < 4.78 is 103. The first kappa shape index (κ1) is 29.9. The zero-order valence-electron chi connectivity index (χ0n) is 17.4. The van der Waals surface area contributed by atoms with Gasteiger partial charge in [0.25, 0.3) is 5.56 Å². The molecule has 23 heteroatoms. The molecule has 0 aliphatic carbocycles. The Hall–Kier alpha value is -1.63. The topological polar surface area (TPSA) is 255 Å². The van der Waals surface area contributed by atoms with Gasteiger partial charge in [-0.15, -0.1) is 0 Å². The molecule has 16 nitrogen and oxygen atoms in total. The number of nitrogens with zero attached hydrogens (tertiary/aromatic N) is 1. The molecule has 3 heterocycles. The number of aromatic nitrogens is 2. The molecule has 0 saturated carbocycles. The van der Waals surface area contributed by atoms with Crippen LogP contribution in [0.15, 0.2) is 16.9 Å². The van der Waals surface area contributed by atoms with E-state index < -0.39 is 89.1 Å². The fourth-order valence-electron chi connectivity index (χ4n) is 3.15. The lowest BCUT2D eigenvalue weighted by Gasteiger charge is -2.19. The molecular formula is C14H15F4N2O14P3. The average Bonchev–Trinajstić information content (AvgIpc) is 2.96. The van der Waals surface area contributed by atoms with Crippen LogP contribution in [0.3, 0.4) is 0 Å². The predicted octanol–water partition coefficient (Wildman–Crippen LogP) is 0.538. The summed E-state index contributed by atoms with van der Waals surface area (Å²) in [6, 6.07) is 1.21. The fraction of sp³-hybridized carbons (Fsp3) is 0.429. The molecule has 1 fully saturated rings. The van der Waals surface area contributed by atoms with Gasteiger partial charge < -0.3 is 39.5 Å². The number of hydrogen-bond donors (Lipinski definition) is 7. The third-order valence-corrected chi connectivity index (χ3v) is 8.38. The molecule has 0 aromatic rings. The SMILES string of the molecule is O=c1nc2[nH]c(C(F)(F)F)c(F)cc-2cc1[C@@H]1O[C@H](COP(=O)(O)OP(=O)(O)OP(=O)(O)O)[C@H](O)C1O. The smallest absolute Gasteiger partial charge is 0.387 e. The van der Waals surface area contributed by atoms with Crippen molar-refractivity contribution < 1.29 is 78.9 Å². The van der Waals surface area contributed by atoms with Gasteiger partial charge in [-0.05, 0) is 12.1 Å². The van der Waals surface area contributed by atoms with E-state index in [1.54, 1.807) is 4.98 Å². The molecule has 0 aromatic heterocycles. The van der Waals surface area contributed by atoms with Crippen molar-refractivity contribution in [2.75, 3.05) is 6.61 Å². The highest BCUT2D eigenvalue weighted by Crippen LogP contribution is 2.66. The summed E-state index contributed by atoms with van der Waals surface area (Å²) >= 11 is 0. The second kappa shape index (κ2) is 10.2. The van der Waals surface area contributed by atoms with Crippen LogP contribution in [0, 0.1) is 5.82 Å². The van der Waals surface area contributed by atoms with Crippen molar-refractivity contribution >= 4 is 23.5 Å². The van der Waals surface area contributed by atoms with Gasteiger partial charge in [0.05, 0.1) is 12.2 Å². The molecule has 0 bridgehead atoms. The van der Waals surface area contributed by atoms with Gasteiger partial charge in [0.1, 0.15) is 30.2 Å². The summed E-state index contributed by atoms with van der Waals surface area (Å²) in [6.45, 7) is -1.19. The summed E-state index contributed by atoms with van der Waals surface area (Å²) in [5.41, 5.74) is -3.98. The first-order valence-corrected chi connectivity index (χ1v) is 13.8. The van der Waals surface area contributed by atoms with Crippen LogP contribution in [0.2, 0.25) is 0 Å². The molecule has 7 N–H and O–H groups in total. The van der Waals surface area contributed by atoms with E-state index in [0.717, 1.165) is 6.07 Å². The van der Waals surface area contributed by atoms with Crippen molar-refractivity contribution in [3.8, 4) is 11.4 Å². The number of aliphatic hydroxyl groups excluding tert-OH is 2. The number of halogens is 4. The molecule has 208 valence electrons. The van der Waals surface area contributed by atoms with Gasteiger partial charge in [0.15, 0.2) is 11.5 Å². The van der Waals surface area contributed by atoms with Crippen molar-refractivity contribution in [2.24, 2.45) is 0 Å². The van der Waals surface area contributed by atoms with Crippen molar-refractivity contribution in [2.45, 2.75) is 30.6 Å². The number of rotatable bonds is 8. The van der Waals surface area contributed by atoms with E-state index >= 15 is 0 Å². The highest BCUT2D eigenvalue weighted by Gasteiger charge is 2.47. The molecule has 0 aromatic carbocycles. The Labute approximate surface area is 201 Å². The van der Waals surface area contributed by atoms with Gasteiger partial charge in [0, 0.05) is 5.56 Å². The zero-order valence-corrected chi connectivity index (χ0v) is 20.1. The van der Waals surface area contributed by atoms with Crippen LogP contribution in [0.1, 0.15) is 17.4 Å². The maximum atomic E-state index is 13.9. The van der Waals surface area contributed by atoms with Gasteiger partial charge in [-0.1, -0.05) is 0 Å². The molecule has 3 aliphatic heterocycles. The number of phosphoric ester groups is 1. The van der Waals surface area contributed by atoms with E-state index in [2.05, 4.69) is 18.1 Å². The summed E-state index contributed by atoms with van der Waals surface area (Å²) in [7, 11) is -17.1. The van der Waals surface area contributed by atoms with Crippen LogP contribution in [0.4, 0.5) is 17.6 Å². The molecule has 1 saturated heterocycles. The Morgan fingerprint density at radius 1 is 1.03 bits per heavy atom. The minimum atomic E-state index is -5.84. The average molecular weight is 604 g/mol. The number of ether oxygens (including phenoxy) is 1. The van der Waals surface area contributed by atoms with E-state index in [4.69, 9.17) is 19.4 Å². The molecular weight excluding hydrogens is 589 g/mol. The first-order chi connectivity index (χ1) is 16.7. The van der Waals surface area contributed by atoms with Crippen LogP contribution >= 0.6 is 23.5 Å². The number of phosphoric acid groups is 3. The Morgan fingerprint density at radius 3 is 2.22 bits per heavy atom. The predicted molar refractivity (Wildman–Crippen MR) is 106 cm³/mol. The normalized spacial score (nSPS) is 26.2. The van der Waals surface area contributed by atoms with Crippen molar-refractivity contribution in [1.82, 2.24) is 9.97 Å². The van der Waals surface area contributed by atoms with Gasteiger partial charge in [-0.2, -0.15) is 26.8 Å². The highest BCUT2D eigenvalue weighted by atomic mass is 31.3. The fourth-order valence-corrected chi connectivity index (χ4v) is 6.18. The van der Waals surface area contributed by atoms with Crippen molar-refractivity contribution in [3.63, 3.8) is 0 Å². The number of aromatic amines is 1. The Morgan fingerprint density at radius 2 is 1.65 bits per heavy atom. The molecule has 37 heavy (non-hydrogen) atoms. The largest absolute Gasteiger partial charge is 0.490 e. The number of H-pyrrole nitrogens is 1. The zero-order chi connectivity index (χ0) is 28.1. The van der Waals surface area contributed by atoms with Gasteiger partial charge >= 0.3 is 29.6 Å². The molecule has 3 rings (SSSR count). The maximum absolute atomic E-state index is 13.9. The van der Waals surface area contributed by atoms with Crippen molar-refractivity contribution in [1.29, 1.82) is 0 Å². The molecule has 0 spiro atoms.